The molecule has 68 valence electrons. The lowest BCUT2D eigenvalue weighted by molar-refractivity contribution is 0.335. The minimum Gasteiger partial charge on any atom is -0.0465 e. The molecule has 7 aliphatic carbocycles. The predicted octanol–water partition coefficient (Wildman–Crippen LogP) is 2.40. The van der Waals surface area contributed by atoms with E-state index in [1.54, 1.807) is 19.3 Å². The standard InChI is InChI=1S/C13H16/c1-4-7(1)11-12-8-2-5(8)10(4)6-3-9(6)13(11)12/h4-13H,1-3H2. The average molecular weight is 172 g/mol. The Hall–Kier alpha value is 0. The molecule has 0 N–H and O–H groups in total. The molecule has 0 radical (unpaired) electrons. The largest absolute Gasteiger partial charge is 0.0465 e. The highest BCUT2D eigenvalue weighted by Crippen LogP contribution is 2.86. The molecule has 7 saturated carbocycles. The van der Waals surface area contributed by atoms with Crippen molar-refractivity contribution < 1.29 is 0 Å². The van der Waals surface area contributed by atoms with Gasteiger partial charge in [0.1, 0.15) is 0 Å². The predicted molar refractivity (Wildman–Crippen MR) is 48.8 cm³/mol. The molecule has 4 bridgehead atoms. The van der Waals surface area contributed by atoms with E-state index >= 15 is 0 Å². The third-order valence-electron chi connectivity index (χ3n) is 6.83. The molecule has 0 aromatic rings. The quantitative estimate of drug-likeness (QED) is 0.526. The lowest BCUT2D eigenvalue weighted by atomic mass is 9.91. The molecule has 0 nitrogen and oxygen atoms in total. The maximum absolute atomic E-state index is 1.68. The Labute approximate surface area is 79.1 Å². The lowest BCUT2D eigenvalue weighted by Gasteiger charge is -2.13. The summed E-state index contributed by atoms with van der Waals surface area (Å²) < 4.78 is 0. The number of rotatable bonds is 0. The van der Waals surface area contributed by atoms with Gasteiger partial charge in [0.15, 0.2) is 0 Å². The molecular weight excluding hydrogens is 156 g/mol. The third kappa shape index (κ3) is 0.444. The Balaban J connectivity index is 1.66. The summed E-state index contributed by atoms with van der Waals surface area (Å²) in [4.78, 5) is 0. The molecule has 0 aromatic carbocycles. The normalized spacial score (nSPS) is 88.6. The van der Waals surface area contributed by atoms with Crippen molar-refractivity contribution in [1.82, 2.24) is 0 Å². The first-order valence-corrected chi connectivity index (χ1v) is 6.45. The Morgan fingerprint density at radius 2 is 0.692 bits per heavy atom. The van der Waals surface area contributed by atoms with Crippen LogP contribution < -0.4 is 0 Å². The fourth-order valence-corrected chi connectivity index (χ4v) is 6.41. The molecule has 7 fully saturated rings. The zero-order chi connectivity index (χ0) is 7.89. The van der Waals surface area contributed by atoms with Crippen LogP contribution in [0.2, 0.25) is 0 Å². The van der Waals surface area contributed by atoms with Gasteiger partial charge in [0.25, 0.3) is 0 Å². The topological polar surface area (TPSA) is 0 Å². The van der Waals surface area contributed by atoms with Crippen molar-refractivity contribution in [2.75, 3.05) is 0 Å². The van der Waals surface area contributed by atoms with Gasteiger partial charge in [-0.25, -0.2) is 0 Å². The molecule has 0 saturated heterocycles. The highest BCUT2D eigenvalue weighted by Gasteiger charge is 2.81. The molecule has 0 heterocycles. The molecule has 0 amide bonds. The molecule has 6 atom stereocenters. The summed E-state index contributed by atoms with van der Waals surface area (Å²) in [5, 5.41) is 0. The van der Waals surface area contributed by atoms with Gasteiger partial charge in [-0.2, -0.15) is 0 Å². The van der Waals surface area contributed by atoms with Gasteiger partial charge < -0.3 is 0 Å². The Morgan fingerprint density at radius 1 is 0.385 bits per heavy atom. The van der Waals surface area contributed by atoms with Crippen molar-refractivity contribution in [2.45, 2.75) is 19.3 Å². The highest BCUT2D eigenvalue weighted by atomic mass is 14.9. The van der Waals surface area contributed by atoms with Crippen LogP contribution in [0.4, 0.5) is 0 Å². The SMILES string of the molecule is C1C2C1C1C3C4CC4C2C2CC2C13. The minimum atomic E-state index is 1.27. The van der Waals surface area contributed by atoms with E-state index in [4.69, 9.17) is 0 Å². The van der Waals surface area contributed by atoms with E-state index in [1.165, 1.54) is 59.2 Å². The van der Waals surface area contributed by atoms with Crippen LogP contribution in [-0.4, -0.2) is 0 Å². The summed E-state index contributed by atoms with van der Waals surface area (Å²) in [7, 11) is 0. The zero-order valence-electron chi connectivity index (χ0n) is 7.89. The van der Waals surface area contributed by atoms with E-state index in [2.05, 4.69) is 0 Å². The van der Waals surface area contributed by atoms with Gasteiger partial charge in [0, 0.05) is 0 Å². The minimum absolute atomic E-state index is 1.27. The van der Waals surface area contributed by atoms with Gasteiger partial charge in [-0.3, -0.25) is 0 Å². The van der Waals surface area contributed by atoms with Crippen molar-refractivity contribution in [2.24, 2.45) is 59.2 Å². The molecular formula is C13H16. The zero-order valence-corrected chi connectivity index (χ0v) is 7.89. The van der Waals surface area contributed by atoms with Crippen molar-refractivity contribution in [3.63, 3.8) is 0 Å². The molecule has 13 heavy (non-hydrogen) atoms. The second-order valence-corrected chi connectivity index (χ2v) is 7.00. The van der Waals surface area contributed by atoms with E-state index in [9.17, 15) is 0 Å². The summed E-state index contributed by atoms with van der Waals surface area (Å²) in [5.41, 5.74) is 0. The smallest absolute Gasteiger partial charge is 0.0315 e. The van der Waals surface area contributed by atoms with E-state index in [-0.39, 0.29) is 0 Å². The van der Waals surface area contributed by atoms with E-state index < -0.39 is 0 Å². The monoisotopic (exact) mass is 172 g/mol. The van der Waals surface area contributed by atoms with E-state index in [1.807, 2.05) is 0 Å². The summed E-state index contributed by atoms with van der Waals surface area (Å²) in [6.07, 6.45) is 5.03. The summed E-state index contributed by atoms with van der Waals surface area (Å²) in [6.45, 7) is 0. The molecule has 0 aromatic heterocycles. The van der Waals surface area contributed by atoms with Gasteiger partial charge in [-0.1, -0.05) is 0 Å². The molecule has 7 aliphatic rings. The van der Waals surface area contributed by atoms with Gasteiger partial charge in [0.05, 0.1) is 0 Å². The van der Waals surface area contributed by atoms with E-state index in [0.29, 0.717) is 0 Å². The third-order valence-corrected chi connectivity index (χ3v) is 6.83. The van der Waals surface area contributed by atoms with Crippen LogP contribution in [0.5, 0.6) is 0 Å². The van der Waals surface area contributed by atoms with Crippen molar-refractivity contribution in [3.05, 3.63) is 0 Å². The van der Waals surface area contributed by atoms with Crippen LogP contribution >= 0.6 is 0 Å². The van der Waals surface area contributed by atoms with Crippen LogP contribution in [0, 0.1) is 59.2 Å². The fraction of sp³-hybridized carbons (Fsp3) is 1.00. The second kappa shape index (κ2) is 1.33. The van der Waals surface area contributed by atoms with Gasteiger partial charge in [-0.05, 0) is 78.4 Å². The summed E-state index contributed by atoms with van der Waals surface area (Å²) in [6, 6.07) is 0. The van der Waals surface area contributed by atoms with Crippen LogP contribution in [0.15, 0.2) is 0 Å². The Kier molecular flexibility index (Phi) is 0.593. The number of hydrogen-bond donors (Lipinski definition) is 0. The van der Waals surface area contributed by atoms with Crippen LogP contribution in [0.1, 0.15) is 19.3 Å². The van der Waals surface area contributed by atoms with Crippen molar-refractivity contribution >= 4 is 0 Å². The second-order valence-electron chi connectivity index (χ2n) is 7.00. The summed E-state index contributed by atoms with van der Waals surface area (Å²) in [5.74, 6) is 12.8. The molecule has 0 heteroatoms. The first-order chi connectivity index (χ1) is 6.45. The summed E-state index contributed by atoms with van der Waals surface area (Å²) >= 11 is 0. The van der Waals surface area contributed by atoms with Crippen LogP contribution in [0.25, 0.3) is 0 Å². The average Bonchev–Trinajstić information content (AvgIpc) is 2.88. The van der Waals surface area contributed by atoms with Gasteiger partial charge in [-0.15, -0.1) is 0 Å². The Bertz CT molecular complexity index is 275. The van der Waals surface area contributed by atoms with Crippen LogP contribution in [-0.2, 0) is 0 Å². The first kappa shape index (κ1) is 5.78. The maximum Gasteiger partial charge on any atom is -0.0315 e. The van der Waals surface area contributed by atoms with Gasteiger partial charge >= 0.3 is 0 Å². The maximum atomic E-state index is 1.68. The number of hydrogen-bond acceptors (Lipinski definition) is 0. The highest BCUT2D eigenvalue weighted by molar-refractivity contribution is 5.29. The Morgan fingerprint density at radius 3 is 1.08 bits per heavy atom. The molecule has 7 rings (SSSR count). The molecule has 6 unspecified atom stereocenters. The van der Waals surface area contributed by atoms with E-state index in [0.717, 1.165) is 0 Å². The first-order valence-electron chi connectivity index (χ1n) is 6.45. The fourth-order valence-electron chi connectivity index (χ4n) is 6.41. The van der Waals surface area contributed by atoms with Crippen molar-refractivity contribution in [1.29, 1.82) is 0 Å². The molecule has 0 aliphatic heterocycles. The van der Waals surface area contributed by atoms with Gasteiger partial charge in [0.2, 0.25) is 0 Å². The van der Waals surface area contributed by atoms with Crippen LogP contribution in [0.3, 0.4) is 0 Å². The lowest BCUT2D eigenvalue weighted by Crippen LogP contribution is -2.09. The molecule has 0 spiro atoms. The van der Waals surface area contributed by atoms with Crippen molar-refractivity contribution in [3.8, 4) is 0 Å².